The van der Waals surface area contributed by atoms with Gasteiger partial charge in [-0.1, -0.05) is 6.07 Å². The summed E-state index contributed by atoms with van der Waals surface area (Å²) in [6.45, 7) is 5.48. The lowest BCUT2D eigenvalue weighted by atomic mass is 10.0. The highest BCUT2D eigenvalue weighted by Gasteiger charge is 2.33. The van der Waals surface area contributed by atoms with Gasteiger partial charge in [-0.25, -0.2) is 23.2 Å². The molecular formula is C29H34F3N7O4S. The van der Waals surface area contributed by atoms with Crippen LogP contribution >= 0.6 is 0 Å². The smallest absolute Gasteiger partial charge is 0.416 e. The Labute approximate surface area is 254 Å². The summed E-state index contributed by atoms with van der Waals surface area (Å²) in [5, 5.41) is 5.01. The van der Waals surface area contributed by atoms with E-state index >= 15 is 0 Å². The third kappa shape index (κ3) is 7.95. The van der Waals surface area contributed by atoms with Crippen LogP contribution in [-0.2, 0) is 16.2 Å². The van der Waals surface area contributed by atoms with Crippen molar-refractivity contribution in [3.8, 4) is 11.6 Å². The summed E-state index contributed by atoms with van der Waals surface area (Å²) in [7, 11) is -3.15. The molecule has 3 aromatic rings. The number of nitrogens with zero attached hydrogens (tertiary/aromatic N) is 5. The molecule has 44 heavy (non-hydrogen) atoms. The molecule has 2 N–H and O–H groups in total. The van der Waals surface area contributed by atoms with E-state index in [1.54, 1.807) is 30.3 Å². The lowest BCUT2D eigenvalue weighted by Crippen LogP contribution is -2.54. The fraction of sp³-hybridized carbons (Fsp3) is 0.414. The van der Waals surface area contributed by atoms with E-state index in [2.05, 4.69) is 30.4 Å². The van der Waals surface area contributed by atoms with Gasteiger partial charge in [0, 0.05) is 62.8 Å². The van der Waals surface area contributed by atoms with Gasteiger partial charge in [0.2, 0.25) is 15.9 Å². The SMILES string of the molecule is Cc1ccc(NC(=O)Nc2ccc(Oc3cc(N4CCC(N5CCN(S(C)(=O)=O)CC5)CC4)ncn3)cc2)cc1C(F)(F)F. The number of aromatic nitrogens is 2. The Hall–Kier alpha value is -3.95. The predicted molar refractivity (Wildman–Crippen MR) is 161 cm³/mol. The third-order valence-corrected chi connectivity index (χ3v) is 9.11. The number of nitrogens with one attached hydrogen (secondary N) is 2. The molecule has 5 rings (SSSR count). The van der Waals surface area contributed by atoms with Crippen LogP contribution in [0.25, 0.3) is 0 Å². The number of ether oxygens (including phenoxy) is 1. The highest BCUT2D eigenvalue weighted by atomic mass is 32.2. The maximum atomic E-state index is 13.2. The van der Waals surface area contributed by atoms with E-state index in [0.717, 1.165) is 50.9 Å². The van der Waals surface area contributed by atoms with Crippen molar-refractivity contribution in [3.05, 3.63) is 66.0 Å². The van der Waals surface area contributed by atoms with Crippen molar-refractivity contribution in [2.75, 3.05) is 61.1 Å². The highest BCUT2D eigenvalue weighted by molar-refractivity contribution is 7.88. The summed E-state index contributed by atoms with van der Waals surface area (Å²) in [5.41, 5.74) is -0.298. The predicted octanol–water partition coefficient (Wildman–Crippen LogP) is 4.79. The number of urea groups is 1. The van der Waals surface area contributed by atoms with Crippen molar-refractivity contribution in [1.82, 2.24) is 19.2 Å². The molecule has 2 amide bonds. The fourth-order valence-corrected chi connectivity index (χ4v) is 6.27. The molecule has 1 aromatic heterocycles. The maximum absolute atomic E-state index is 13.2. The monoisotopic (exact) mass is 633 g/mol. The van der Waals surface area contributed by atoms with Crippen molar-refractivity contribution in [2.45, 2.75) is 32.0 Å². The second kappa shape index (κ2) is 13.0. The molecule has 2 saturated heterocycles. The molecule has 3 heterocycles. The minimum Gasteiger partial charge on any atom is -0.439 e. The van der Waals surface area contributed by atoms with Crippen molar-refractivity contribution in [2.24, 2.45) is 0 Å². The van der Waals surface area contributed by atoms with Crippen molar-refractivity contribution >= 4 is 33.2 Å². The largest absolute Gasteiger partial charge is 0.439 e. The van der Waals surface area contributed by atoms with Gasteiger partial charge in [0.05, 0.1) is 11.8 Å². The van der Waals surface area contributed by atoms with Crippen LogP contribution in [0.15, 0.2) is 54.9 Å². The number of anilines is 3. The number of carbonyl (C=O) groups excluding carboxylic acids is 1. The first-order valence-electron chi connectivity index (χ1n) is 14.1. The topological polar surface area (TPSA) is 120 Å². The Morgan fingerprint density at radius 3 is 2.18 bits per heavy atom. The van der Waals surface area contributed by atoms with Gasteiger partial charge in [0.1, 0.15) is 17.9 Å². The number of benzene rings is 2. The van der Waals surface area contributed by atoms with E-state index in [1.807, 2.05) is 0 Å². The van der Waals surface area contributed by atoms with Crippen LogP contribution < -0.4 is 20.3 Å². The molecule has 2 aliphatic rings. The van der Waals surface area contributed by atoms with E-state index in [4.69, 9.17) is 4.74 Å². The normalized spacial score (nSPS) is 17.3. The first-order chi connectivity index (χ1) is 20.8. The van der Waals surface area contributed by atoms with Crippen molar-refractivity contribution in [3.63, 3.8) is 0 Å². The molecule has 2 aliphatic heterocycles. The van der Waals surface area contributed by atoms with Gasteiger partial charge in [-0.05, 0) is 61.7 Å². The van der Waals surface area contributed by atoms with E-state index in [9.17, 15) is 26.4 Å². The summed E-state index contributed by atoms with van der Waals surface area (Å²) in [5.74, 6) is 1.57. The Morgan fingerprint density at radius 2 is 1.55 bits per heavy atom. The number of sulfonamides is 1. The fourth-order valence-electron chi connectivity index (χ4n) is 5.44. The van der Waals surface area contributed by atoms with E-state index in [0.29, 0.717) is 36.4 Å². The van der Waals surface area contributed by atoms with E-state index in [-0.39, 0.29) is 11.3 Å². The van der Waals surface area contributed by atoms with Crippen LogP contribution in [0.1, 0.15) is 24.0 Å². The number of aryl methyl sites for hydroxylation is 1. The molecule has 0 saturated carbocycles. The zero-order chi connectivity index (χ0) is 31.5. The molecule has 0 atom stereocenters. The number of piperidine rings is 1. The molecule has 0 radical (unpaired) electrons. The van der Waals surface area contributed by atoms with Gasteiger partial charge < -0.3 is 20.3 Å². The van der Waals surface area contributed by atoms with Crippen LogP contribution in [0.3, 0.4) is 0 Å². The number of piperazine rings is 1. The maximum Gasteiger partial charge on any atom is 0.416 e. The third-order valence-electron chi connectivity index (χ3n) is 7.81. The van der Waals surface area contributed by atoms with Gasteiger partial charge in [-0.2, -0.15) is 17.5 Å². The van der Waals surface area contributed by atoms with Gasteiger partial charge in [-0.15, -0.1) is 0 Å². The van der Waals surface area contributed by atoms with Crippen molar-refractivity contribution < 1.29 is 31.1 Å². The quantitative estimate of drug-likeness (QED) is 0.382. The van der Waals surface area contributed by atoms with Crippen LogP contribution in [0, 0.1) is 6.92 Å². The average Bonchev–Trinajstić information content (AvgIpc) is 2.98. The molecule has 0 unspecified atom stereocenters. The summed E-state index contributed by atoms with van der Waals surface area (Å²) < 4.78 is 70.5. The zero-order valence-corrected chi connectivity index (χ0v) is 25.2. The van der Waals surface area contributed by atoms with Gasteiger partial charge >= 0.3 is 12.2 Å². The average molecular weight is 634 g/mol. The number of carbonyl (C=O) groups is 1. The lowest BCUT2D eigenvalue weighted by Gasteiger charge is -2.42. The van der Waals surface area contributed by atoms with Gasteiger partial charge in [-0.3, -0.25) is 4.90 Å². The summed E-state index contributed by atoms with van der Waals surface area (Å²) >= 11 is 0. The van der Waals surface area contributed by atoms with E-state index in [1.165, 1.54) is 35.9 Å². The Morgan fingerprint density at radius 1 is 0.909 bits per heavy atom. The minimum absolute atomic E-state index is 0.0246. The van der Waals surface area contributed by atoms with Crippen LogP contribution in [0.5, 0.6) is 11.6 Å². The molecule has 2 aromatic carbocycles. The van der Waals surface area contributed by atoms with Crippen molar-refractivity contribution in [1.29, 1.82) is 0 Å². The minimum atomic E-state index is -4.52. The molecule has 15 heteroatoms. The molecule has 0 spiro atoms. The first kappa shape index (κ1) is 31.5. The second-order valence-corrected chi connectivity index (χ2v) is 12.8. The van der Waals surface area contributed by atoms with Crippen LogP contribution in [0.2, 0.25) is 0 Å². The Balaban J connectivity index is 1.11. The standard InChI is InChI=1S/C29H34F3N7O4S/c1-20-3-4-22(17-25(20)29(30,31)32)36-28(40)35-21-5-7-24(8-6-21)43-27-18-26(33-19-34-27)38-11-9-23(10-12-38)37-13-15-39(16-14-37)44(2,41)42/h3-8,17-19,23H,9-16H2,1-2H3,(H2,35,36,40). The molecular weight excluding hydrogens is 599 g/mol. The number of alkyl halides is 3. The van der Waals surface area contributed by atoms with Crippen LogP contribution in [-0.4, -0.2) is 85.2 Å². The number of halogens is 3. The van der Waals surface area contributed by atoms with E-state index < -0.39 is 27.8 Å². The second-order valence-electron chi connectivity index (χ2n) is 10.9. The number of hydrogen-bond donors (Lipinski definition) is 2. The summed E-state index contributed by atoms with van der Waals surface area (Å²) in [6, 6.07) is 11.6. The van der Waals surface area contributed by atoms with Gasteiger partial charge in [0.25, 0.3) is 0 Å². The van der Waals surface area contributed by atoms with Gasteiger partial charge in [0.15, 0.2) is 0 Å². The highest BCUT2D eigenvalue weighted by Crippen LogP contribution is 2.33. The number of rotatable bonds is 7. The summed E-state index contributed by atoms with van der Waals surface area (Å²) in [6.07, 6.45) is 0.0561. The summed E-state index contributed by atoms with van der Waals surface area (Å²) in [4.78, 5) is 25.5. The zero-order valence-electron chi connectivity index (χ0n) is 24.3. The molecule has 0 aliphatic carbocycles. The first-order valence-corrected chi connectivity index (χ1v) is 16.0. The lowest BCUT2D eigenvalue weighted by molar-refractivity contribution is -0.138. The molecule has 11 nitrogen and oxygen atoms in total. The number of hydrogen-bond acceptors (Lipinski definition) is 8. The molecule has 0 bridgehead atoms. The Kier molecular flexibility index (Phi) is 9.27. The number of amides is 2. The van der Waals surface area contributed by atoms with Crippen LogP contribution in [0.4, 0.5) is 35.2 Å². The Bertz CT molecular complexity index is 1570. The molecule has 2 fully saturated rings. The molecule has 236 valence electrons.